The summed E-state index contributed by atoms with van der Waals surface area (Å²) in [5, 5.41) is 7.04. The predicted molar refractivity (Wildman–Crippen MR) is 141 cm³/mol. The van der Waals surface area contributed by atoms with E-state index >= 15 is 0 Å². The molecule has 6 heteroatoms. The Morgan fingerprint density at radius 1 is 1.10 bits per heavy atom. The maximum atomic E-state index is 6.15. The van der Waals surface area contributed by atoms with Crippen molar-refractivity contribution in [2.45, 2.75) is 58.5 Å². The number of guanidine groups is 1. The highest BCUT2D eigenvalue weighted by molar-refractivity contribution is 14.0. The van der Waals surface area contributed by atoms with Crippen LogP contribution in [0.4, 0.5) is 0 Å². The summed E-state index contributed by atoms with van der Waals surface area (Å²) in [6, 6.07) is 8.80. The molecule has 0 aliphatic carbocycles. The van der Waals surface area contributed by atoms with Crippen LogP contribution in [0.15, 0.2) is 29.3 Å². The zero-order valence-electron chi connectivity index (χ0n) is 19.7. The van der Waals surface area contributed by atoms with Crippen LogP contribution in [0.3, 0.4) is 0 Å². The Morgan fingerprint density at radius 2 is 1.84 bits per heavy atom. The summed E-state index contributed by atoms with van der Waals surface area (Å²) in [6.07, 6.45) is 7.67. The van der Waals surface area contributed by atoms with Crippen LogP contribution in [0, 0.1) is 18.8 Å². The Kier molecular flexibility index (Phi) is 12.2. The summed E-state index contributed by atoms with van der Waals surface area (Å²) in [5.41, 5.74) is 2.59. The van der Waals surface area contributed by atoms with Gasteiger partial charge in [-0.05, 0) is 76.6 Å². The lowest BCUT2D eigenvalue weighted by molar-refractivity contribution is -0.0265. The van der Waals surface area contributed by atoms with Gasteiger partial charge in [0.2, 0.25) is 0 Å². The number of benzene rings is 1. The van der Waals surface area contributed by atoms with E-state index in [0.29, 0.717) is 5.92 Å². The smallest absolute Gasteiger partial charge is 0.190 e. The molecule has 2 aliphatic rings. The molecule has 0 bridgehead atoms. The summed E-state index contributed by atoms with van der Waals surface area (Å²) in [7, 11) is 1.86. The molecule has 1 aromatic carbocycles. The lowest BCUT2D eigenvalue weighted by atomic mass is 9.89. The van der Waals surface area contributed by atoms with Crippen LogP contribution in [0.2, 0.25) is 0 Å². The fraction of sp³-hybridized carbons (Fsp3) is 0.720. The molecule has 2 heterocycles. The predicted octanol–water partition coefficient (Wildman–Crippen LogP) is 4.76. The van der Waals surface area contributed by atoms with Crippen LogP contribution < -0.4 is 10.6 Å². The number of unbranched alkanes of at least 4 members (excludes halogenated alkanes) is 1. The van der Waals surface area contributed by atoms with Gasteiger partial charge in [0.05, 0.1) is 6.10 Å². The minimum Gasteiger partial charge on any atom is -0.373 e. The number of aliphatic imine (C=N–C) groups is 1. The summed E-state index contributed by atoms with van der Waals surface area (Å²) >= 11 is 0. The van der Waals surface area contributed by atoms with Crippen molar-refractivity contribution in [3.63, 3.8) is 0 Å². The number of piperidine rings is 1. The van der Waals surface area contributed by atoms with Crippen molar-refractivity contribution in [1.82, 2.24) is 15.5 Å². The molecular weight excluding hydrogens is 499 g/mol. The topological polar surface area (TPSA) is 48.9 Å². The van der Waals surface area contributed by atoms with E-state index in [2.05, 4.69) is 58.6 Å². The number of halogens is 1. The second-order valence-corrected chi connectivity index (χ2v) is 9.22. The van der Waals surface area contributed by atoms with Gasteiger partial charge in [-0.1, -0.05) is 36.8 Å². The number of aryl methyl sites for hydroxylation is 1. The average Bonchev–Trinajstić information content (AvgIpc) is 2.78. The van der Waals surface area contributed by atoms with E-state index in [4.69, 9.17) is 4.74 Å². The van der Waals surface area contributed by atoms with E-state index in [1.54, 1.807) is 0 Å². The number of ether oxygens (including phenoxy) is 1. The van der Waals surface area contributed by atoms with Gasteiger partial charge in [0.1, 0.15) is 0 Å². The molecule has 2 aliphatic heterocycles. The van der Waals surface area contributed by atoms with E-state index in [0.717, 1.165) is 38.0 Å². The zero-order valence-corrected chi connectivity index (χ0v) is 22.1. The minimum absolute atomic E-state index is 0. The van der Waals surface area contributed by atoms with E-state index < -0.39 is 0 Å². The highest BCUT2D eigenvalue weighted by atomic mass is 127. The van der Waals surface area contributed by atoms with Gasteiger partial charge in [0, 0.05) is 32.7 Å². The summed E-state index contributed by atoms with van der Waals surface area (Å²) < 4.78 is 6.15. The third-order valence-electron chi connectivity index (χ3n) is 6.68. The molecule has 176 valence electrons. The molecule has 2 saturated heterocycles. The van der Waals surface area contributed by atoms with Crippen molar-refractivity contribution >= 4 is 29.9 Å². The molecule has 2 fully saturated rings. The highest BCUT2D eigenvalue weighted by Crippen LogP contribution is 2.33. The molecule has 0 aromatic heterocycles. The molecule has 0 amide bonds. The first-order valence-corrected chi connectivity index (χ1v) is 12.0. The molecule has 0 radical (unpaired) electrons. The van der Waals surface area contributed by atoms with E-state index in [-0.39, 0.29) is 30.1 Å². The third kappa shape index (κ3) is 8.89. The number of nitrogens with zero attached hydrogens (tertiary/aromatic N) is 2. The first-order valence-electron chi connectivity index (χ1n) is 12.0. The SMILES string of the molecule is CN=C(NCCCCN1CCC(C)CC1)NCC1CCCOC1c1ccc(C)cc1.I. The molecule has 5 nitrogen and oxygen atoms in total. The Labute approximate surface area is 206 Å². The van der Waals surface area contributed by atoms with Gasteiger partial charge in [-0.25, -0.2) is 0 Å². The minimum atomic E-state index is 0. The highest BCUT2D eigenvalue weighted by Gasteiger charge is 2.27. The molecule has 31 heavy (non-hydrogen) atoms. The number of likely N-dealkylation sites (tertiary alicyclic amines) is 1. The Bertz CT molecular complexity index is 643. The van der Waals surface area contributed by atoms with Crippen molar-refractivity contribution in [3.8, 4) is 0 Å². The van der Waals surface area contributed by atoms with Crippen molar-refractivity contribution in [3.05, 3.63) is 35.4 Å². The van der Waals surface area contributed by atoms with Crippen molar-refractivity contribution < 1.29 is 4.74 Å². The lowest BCUT2D eigenvalue weighted by Gasteiger charge is -2.32. The van der Waals surface area contributed by atoms with Crippen LogP contribution in [0.5, 0.6) is 0 Å². The monoisotopic (exact) mass is 542 g/mol. The molecule has 0 saturated carbocycles. The molecule has 0 spiro atoms. The van der Waals surface area contributed by atoms with Gasteiger partial charge in [0.25, 0.3) is 0 Å². The fourth-order valence-electron chi connectivity index (χ4n) is 4.58. The maximum Gasteiger partial charge on any atom is 0.190 e. The standard InChI is InChI=1S/C25H42N4O.HI/c1-20-8-10-22(11-9-20)24-23(7-6-18-30-24)19-28-25(26-3)27-14-4-5-15-29-16-12-21(2)13-17-29;/h8-11,21,23-24H,4-7,12-19H2,1-3H3,(H2,26,27,28);1H. The Morgan fingerprint density at radius 3 is 2.55 bits per heavy atom. The molecule has 2 N–H and O–H groups in total. The van der Waals surface area contributed by atoms with Crippen molar-refractivity contribution in [2.75, 3.05) is 46.4 Å². The molecule has 2 unspecified atom stereocenters. The number of hydrogen-bond donors (Lipinski definition) is 2. The van der Waals surface area contributed by atoms with Gasteiger partial charge in [-0.2, -0.15) is 0 Å². The number of rotatable bonds is 8. The summed E-state index contributed by atoms with van der Waals surface area (Å²) in [6.45, 7) is 11.0. The number of nitrogens with one attached hydrogen (secondary N) is 2. The second kappa shape index (κ2) is 14.3. The molecular formula is C25H43IN4O. The van der Waals surface area contributed by atoms with Gasteiger partial charge in [-0.3, -0.25) is 4.99 Å². The van der Waals surface area contributed by atoms with Crippen molar-refractivity contribution in [1.29, 1.82) is 0 Å². The zero-order chi connectivity index (χ0) is 21.2. The van der Waals surface area contributed by atoms with Crippen LogP contribution in [-0.2, 0) is 4.74 Å². The van der Waals surface area contributed by atoms with E-state index in [9.17, 15) is 0 Å². The molecule has 1 aromatic rings. The molecule has 3 rings (SSSR count). The Hall–Kier alpha value is -0.860. The van der Waals surface area contributed by atoms with Crippen LogP contribution in [0.1, 0.15) is 62.7 Å². The molecule has 2 atom stereocenters. The first-order chi connectivity index (χ1) is 14.7. The van der Waals surface area contributed by atoms with Crippen LogP contribution in [0.25, 0.3) is 0 Å². The van der Waals surface area contributed by atoms with Gasteiger partial charge >= 0.3 is 0 Å². The summed E-state index contributed by atoms with van der Waals surface area (Å²) in [4.78, 5) is 7.05. The second-order valence-electron chi connectivity index (χ2n) is 9.22. The van der Waals surface area contributed by atoms with Gasteiger partial charge < -0.3 is 20.3 Å². The van der Waals surface area contributed by atoms with E-state index in [1.807, 2.05) is 7.05 Å². The van der Waals surface area contributed by atoms with Crippen LogP contribution in [-0.4, -0.2) is 57.2 Å². The first kappa shape index (κ1) is 26.4. The normalized spacial score (nSPS) is 23.3. The fourth-order valence-corrected chi connectivity index (χ4v) is 4.58. The quantitative estimate of drug-likeness (QED) is 0.215. The average molecular weight is 543 g/mol. The van der Waals surface area contributed by atoms with Crippen molar-refractivity contribution in [2.24, 2.45) is 16.8 Å². The maximum absolute atomic E-state index is 6.15. The van der Waals surface area contributed by atoms with Gasteiger partial charge in [-0.15, -0.1) is 24.0 Å². The lowest BCUT2D eigenvalue weighted by Crippen LogP contribution is -2.42. The Balaban J connectivity index is 0.00000341. The number of hydrogen-bond acceptors (Lipinski definition) is 3. The van der Waals surface area contributed by atoms with Gasteiger partial charge in [0.15, 0.2) is 5.96 Å². The summed E-state index contributed by atoms with van der Waals surface area (Å²) in [5.74, 6) is 2.30. The largest absolute Gasteiger partial charge is 0.373 e. The third-order valence-corrected chi connectivity index (χ3v) is 6.68. The van der Waals surface area contributed by atoms with E-state index in [1.165, 1.54) is 62.9 Å². The van der Waals surface area contributed by atoms with Crippen LogP contribution >= 0.6 is 24.0 Å².